The third kappa shape index (κ3) is 4.54. The molecule has 0 bridgehead atoms. The van der Waals surface area contributed by atoms with Crippen LogP contribution >= 0.6 is 11.3 Å². The normalized spacial score (nSPS) is 13.4. The molecule has 6 heteroatoms. The second kappa shape index (κ2) is 7.91. The Bertz CT molecular complexity index is 604. The van der Waals surface area contributed by atoms with Gasteiger partial charge in [0.05, 0.1) is 6.10 Å². The lowest BCUT2D eigenvalue weighted by molar-refractivity contribution is 0.169. The molecule has 1 aromatic heterocycles. The first-order valence-electron chi connectivity index (χ1n) is 7.04. The number of aliphatic hydroxyl groups is 1. The minimum Gasteiger partial charge on any atom is -0.386 e. The Balaban J connectivity index is 1.75. The van der Waals surface area contributed by atoms with Crippen LogP contribution in [0.1, 0.15) is 30.1 Å². The highest BCUT2D eigenvalue weighted by molar-refractivity contribution is 7.07. The number of halogens is 1. The SMILES string of the molecule is CC(CNC(=O)NCC(O)c1ccccc1F)c1ccsc1. The topological polar surface area (TPSA) is 61.4 Å². The van der Waals surface area contributed by atoms with Gasteiger partial charge in [-0.3, -0.25) is 0 Å². The molecule has 0 fully saturated rings. The molecule has 0 aliphatic rings. The minimum absolute atomic E-state index is 0.0421. The van der Waals surface area contributed by atoms with E-state index >= 15 is 0 Å². The van der Waals surface area contributed by atoms with Crippen LogP contribution in [0.2, 0.25) is 0 Å². The van der Waals surface area contributed by atoms with Gasteiger partial charge in [-0.25, -0.2) is 9.18 Å². The number of rotatable bonds is 6. The zero-order valence-electron chi connectivity index (χ0n) is 12.3. The predicted octanol–water partition coefficient (Wildman–Crippen LogP) is 3.02. The molecule has 0 saturated carbocycles. The van der Waals surface area contributed by atoms with Crippen molar-refractivity contribution in [3.8, 4) is 0 Å². The quantitative estimate of drug-likeness (QED) is 0.765. The van der Waals surface area contributed by atoms with Crippen molar-refractivity contribution in [1.82, 2.24) is 10.6 Å². The van der Waals surface area contributed by atoms with Gasteiger partial charge in [-0.05, 0) is 34.4 Å². The summed E-state index contributed by atoms with van der Waals surface area (Å²) in [6.07, 6.45) is -1.07. The largest absolute Gasteiger partial charge is 0.386 e. The number of urea groups is 1. The molecule has 2 rings (SSSR count). The van der Waals surface area contributed by atoms with Gasteiger partial charge in [-0.15, -0.1) is 0 Å². The van der Waals surface area contributed by atoms with E-state index in [1.54, 1.807) is 23.5 Å². The van der Waals surface area contributed by atoms with Crippen LogP contribution in [0.5, 0.6) is 0 Å². The maximum Gasteiger partial charge on any atom is 0.314 e. The zero-order valence-corrected chi connectivity index (χ0v) is 13.1. The fourth-order valence-electron chi connectivity index (χ4n) is 2.03. The summed E-state index contributed by atoms with van der Waals surface area (Å²) in [4.78, 5) is 11.7. The van der Waals surface area contributed by atoms with Crippen molar-refractivity contribution in [2.45, 2.75) is 18.9 Å². The molecular formula is C16H19FN2O2S. The molecule has 1 aromatic carbocycles. The van der Waals surface area contributed by atoms with Gasteiger partial charge in [0.1, 0.15) is 5.82 Å². The number of carbonyl (C=O) groups excluding carboxylic acids is 1. The number of hydrogen-bond acceptors (Lipinski definition) is 3. The summed E-state index contributed by atoms with van der Waals surface area (Å²) in [6.45, 7) is 2.48. The Labute approximate surface area is 133 Å². The van der Waals surface area contributed by atoms with Gasteiger partial charge in [-0.2, -0.15) is 11.3 Å². The maximum atomic E-state index is 13.5. The van der Waals surface area contributed by atoms with Gasteiger partial charge < -0.3 is 15.7 Å². The Kier molecular flexibility index (Phi) is 5.91. The number of thiophene rings is 1. The van der Waals surface area contributed by atoms with E-state index < -0.39 is 11.9 Å². The van der Waals surface area contributed by atoms with Crippen LogP contribution in [0.4, 0.5) is 9.18 Å². The average Bonchev–Trinajstić information content (AvgIpc) is 3.05. The maximum absolute atomic E-state index is 13.5. The minimum atomic E-state index is -1.07. The van der Waals surface area contributed by atoms with E-state index in [1.165, 1.54) is 17.7 Å². The number of carbonyl (C=O) groups is 1. The van der Waals surface area contributed by atoms with Crippen LogP contribution in [0.15, 0.2) is 41.1 Å². The number of nitrogens with one attached hydrogen (secondary N) is 2. The van der Waals surface area contributed by atoms with Crippen molar-refractivity contribution in [2.75, 3.05) is 13.1 Å². The van der Waals surface area contributed by atoms with Crippen LogP contribution in [-0.2, 0) is 0 Å². The summed E-state index contributed by atoms with van der Waals surface area (Å²) < 4.78 is 13.5. The van der Waals surface area contributed by atoms with Crippen molar-refractivity contribution >= 4 is 17.4 Å². The van der Waals surface area contributed by atoms with Crippen molar-refractivity contribution in [3.63, 3.8) is 0 Å². The van der Waals surface area contributed by atoms with Gasteiger partial charge in [0.25, 0.3) is 0 Å². The molecule has 2 atom stereocenters. The zero-order chi connectivity index (χ0) is 15.9. The molecule has 0 radical (unpaired) electrons. The first-order chi connectivity index (χ1) is 10.6. The van der Waals surface area contributed by atoms with E-state index in [2.05, 4.69) is 10.6 Å². The number of aliphatic hydroxyl groups excluding tert-OH is 1. The fourth-order valence-corrected chi connectivity index (χ4v) is 2.81. The van der Waals surface area contributed by atoms with Gasteiger partial charge in [0.15, 0.2) is 0 Å². The molecule has 0 aliphatic carbocycles. The van der Waals surface area contributed by atoms with Gasteiger partial charge >= 0.3 is 6.03 Å². The van der Waals surface area contributed by atoms with Crippen LogP contribution < -0.4 is 10.6 Å². The monoisotopic (exact) mass is 322 g/mol. The van der Waals surface area contributed by atoms with Gasteiger partial charge in [0.2, 0.25) is 0 Å². The number of benzene rings is 1. The first-order valence-corrected chi connectivity index (χ1v) is 7.98. The van der Waals surface area contributed by atoms with Crippen molar-refractivity contribution in [2.24, 2.45) is 0 Å². The smallest absolute Gasteiger partial charge is 0.314 e. The summed E-state index contributed by atoms with van der Waals surface area (Å²) >= 11 is 1.62. The molecule has 3 N–H and O–H groups in total. The number of hydrogen-bond donors (Lipinski definition) is 3. The van der Waals surface area contributed by atoms with E-state index in [0.717, 1.165) is 0 Å². The lowest BCUT2D eigenvalue weighted by Crippen LogP contribution is -2.39. The molecule has 2 aromatic rings. The molecule has 0 aliphatic heterocycles. The van der Waals surface area contributed by atoms with E-state index in [9.17, 15) is 14.3 Å². The Hall–Kier alpha value is -1.92. The second-order valence-electron chi connectivity index (χ2n) is 5.09. The molecule has 22 heavy (non-hydrogen) atoms. The van der Waals surface area contributed by atoms with Crippen molar-refractivity contribution < 1.29 is 14.3 Å². The Morgan fingerprint density at radius 1 is 1.27 bits per heavy atom. The Morgan fingerprint density at radius 2 is 2.00 bits per heavy atom. The van der Waals surface area contributed by atoms with E-state index in [4.69, 9.17) is 0 Å². The Morgan fingerprint density at radius 3 is 2.68 bits per heavy atom. The summed E-state index contributed by atoms with van der Waals surface area (Å²) in [6, 6.07) is 7.62. The molecular weight excluding hydrogens is 303 g/mol. The summed E-state index contributed by atoms with van der Waals surface area (Å²) in [5, 5.41) is 19.2. The molecule has 2 unspecified atom stereocenters. The molecule has 0 saturated heterocycles. The van der Waals surface area contributed by atoms with Crippen LogP contribution in [0.25, 0.3) is 0 Å². The van der Waals surface area contributed by atoms with Gasteiger partial charge in [0, 0.05) is 18.7 Å². The fraction of sp³-hybridized carbons (Fsp3) is 0.312. The summed E-state index contributed by atoms with van der Waals surface area (Å²) in [5.41, 5.74) is 1.35. The third-order valence-corrected chi connectivity index (χ3v) is 4.10. The number of amides is 2. The highest BCUT2D eigenvalue weighted by Gasteiger charge is 2.13. The lowest BCUT2D eigenvalue weighted by atomic mass is 10.1. The molecule has 118 valence electrons. The van der Waals surface area contributed by atoms with E-state index in [1.807, 2.05) is 23.8 Å². The first kappa shape index (κ1) is 16.5. The third-order valence-electron chi connectivity index (χ3n) is 3.40. The summed E-state index contributed by atoms with van der Waals surface area (Å²) in [5.74, 6) is -0.267. The molecule has 1 heterocycles. The van der Waals surface area contributed by atoms with Crippen LogP contribution in [-0.4, -0.2) is 24.2 Å². The standard InChI is InChI=1S/C16H19FN2O2S/c1-11(12-6-7-22-10-12)8-18-16(21)19-9-15(20)13-4-2-3-5-14(13)17/h2-7,10-11,15,20H,8-9H2,1H3,(H2,18,19,21). The van der Waals surface area contributed by atoms with Crippen molar-refractivity contribution in [3.05, 3.63) is 58.0 Å². The van der Waals surface area contributed by atoms with Gasteiger partial charge in [-0.1, -0.05) is 25.1 Å². The second-order valence-corrected chi connectivity index (χ2v) is 5.87. The predicted molar refractivity (Wildman–Crippen MR) is 85.5 cm³/mol. The lowest BCUT2D eigenvalue weighted by Gasteiger charge is -2.15. The van der Waals surface area contributed by atoms with E-state index in [-0.39, 0.29) is 24.1 Å². The van der Waals surface area contributed by atoms with Crippen LogP contribution in [0.3, 0.4) is 0 Å². The highest BCUT2D eigenvalue weighted by Crippen LogP contribution is 2.17. The molecule has 4 nitrogen and oxygen atoms in total. The van der Waals surface area contributed by atoms with E-state index in [0.29, 0.717) is 6.54 Å². The summed E-state index contributed by atoms with van der Waals surface area (Å²) in [7, 11) is 0. The average molecular weight is 322 g/mol. The molecule has 0 spiro atoms. The van der Waals surface area contributed by atoms with Crippen molar-refractivity contribution in [1.29, 1.82) is 0 Å². The van der Waals surface area contributed by atoms with Crippen LogP contribution in [0, 0.1) is 5.82 Å². The highest BCUT2D eigenvalue weighted by atomic mass is 32.1. The molecule has 2 amide bonds.